The van der Waals surface area contributed by atoms with Gasteiger partial charge in [-0.2, -0.15) is 5.10 Å². The van der Waals surface area contributed by atoms with Crippen molar-refractivity contribution in [2.24, 2.45) is 7.05 Å². The second kappa shape index (κ2) is 7.57. The van der Waals surface area contributed by atoms with Gasteiger partial charge in [-0.3, -0.25) is 14.9 Å². The van der Waals surface area contributed by atoms with Crippen molar-refractivity contribution < 1.29 is 19.0 Å². The SMILES string of the molecule is Cn1nc(NC(=O)N2CCN(Cc3ccc4c(c3)OCO4)CC2)c2c1CCOC2. The third-order valence-electron chi connectivity index (χ3n) is 5.73. The standard InChI is InChI=1S/C20H25N5O4/c1-23-16-4-9-27-12-15(16)19(22-23)21-20(26)25-7-5-24(6-8-25)11-14-2-3-17-18(10-14)29-13-28-17/h2-3,10H,4-9,11-13H2,1H3,(H,21,22,26). The van der Waals surface area contributed by atoms with Crippen molar-refractivity contribution in [3.05, 3.63) is 35.0 Å². The minimum absolute atomic E-state index is 0.0980. The average Bonchev–Trinajstić information content (AvgIpc) is 3.33. The van der Waals surface area contributed by atoms with E-state index in [2.05, 4.69) is 21.4 Å². The van der Waals surface area contributed by atoms with Crippen molar-refractivity contribution in [1.82, 2.24) is 19.6 Å². The lowest BCUT2D eigenvalue weighted by molar-refractivity contribution is 0.109. The van der Waals surface area contributed by atoms with Gasteiger partial charge < -0.3 is 19.1 Å². The van der Waals surface area contributed by atoms with Crippen LogP contribution >= 0.6 is 0 Å². The molecule has 0 atom stereocenters. The van der Waals surface area contributed by atoms with E-state index in [4.69, 9.17) is 14.2 Å². The number of aromatic nitrogens is 2. The molecule has 9 nitrogen and oxygen atoms in total. The van der Waals surface area contributed by atoms with Gasteiger partial charge in [0.05, 0.1) is 13.2 Å². The molecule has 9 heteroatoms. The molecule has 1 saturated heterocycles. The number of carbonyl (C=O) groups is 1. The first-order chi connectivity index (χ1) is 14.2. The summed E-state index contributed by atoms with van der Waals surface area (Å²) in [6.07, 6.45) is 0.827. The number of amides is 2. The molecule has 0 bridgehead atoms. The van der Waals surface area contributed by atoms with Crippen molar-refractivity contribution in [2.75, 3.05) is 44.9 Å². The van der Waals surface area contributed by atoms with Gasteiger partial charge >= 0.3 is 6.03 Å². The van der Waals surface area contributed by atoms with Crippen LogP contribution in [0.1, 0.15) is 16.8 Å². The van der Waals surface area contributed by atoms with Crippen molar-refractivity contribution in [2.45, 2.75) is 19.6 Å². The summed E-state index contributed by atoms with van der Waals surface area (Å²) < 4.78 is 18.2. The molecule has 0 spiro atoms. The van der Waals surface area contributed by atoms with Crippen LogP contribution in [0.4, 0.5) is 10.6 Å². The molecule has 1 aromatic heterocycles. The number of hydrogen-bond acceptors (Lipinski definition) is 6. The fraction of sp³-hybridized carbons (Fsp3) is 0.500. The maximum atomic E-state index is 12.7. The smallest absolute Gasteiger partial charge is 0.323 e. The van der Waals surface area contributed by atoms with Crippen molar-refractivity contribution >= 4 is 11.8 Å². The second-order valence-corrected chi connectivity index (χ2v) is 7.58. The number of benzene rings is 1. The van der Waals surface area contributed by atoms with Gasteiger partial charge in [-0.15, -0.1) is 0 Å². The molecule has 0 saturated carbocycles. The Morgan fingerprint density at radius 2 is 2.00 bits per heavy atom. The molecule has 4 heterocycles. The van der Waals surface area contributed by atoms with E-state index in [1.54, 1.807) is 0 Å². The van der Waals surface area contributed by atoms with E-state index in [0.29, 0.717) is 32.1 Å². The monoisotopic (exact) mass is 399 g/mol. The van der Waals surface area contributed by atoms with Crippen molar-refractivity contribution in [3.8, 4) is 11.5 Å². The summed E-state index contributed by atoms with van der Waals surface area (Å²) in [6, 6.07) is 5.96. The first-order valence-corrected chi connectivity index (χ1v) is 9.96. The molecule has 3 aliphatic rings. The van der Waals surface area contributed by atoms with Crippen LogP contribution < -0.4 is 14.8 Å². The Morgan fingerprint density at radius 3 is 2.86 bits per heavy atom. The molecule has 1 N–H and O–H groups in total. The van der Waals surface area contributed by atoms with E-state index in [1.807, 2.05) is 28.8 Å². The lowest BCUT2D eigenvalue weighted by Gasteiger charge is -2.34. The summed E-state index contributed by atoms with van der Waals surface area (Å²) in [5, 5.41) is 7.45. The van der Waals surface area contributed by atoms with Gasteiger partial charge in [0.25, 0.3) is 0 Å². The van der Waals surface area contributed by atoms with E-state index in [1.165, 1.54) is 5.56 Å². The van der Waals surface area contributed by atoms with Gasteiger partial charge in [0.2, 0.25) is 6.79 Å². The number of piperazine rings is 1. The molecule has 154 valence electrons. The summed E-state index contributed by atoms with van der Waals surface area (Å²) in [7, 11) is 1.91. The number of fused-ring (bicyclic) bond motifs is 2. The van der Waals surface area contributed by atoms with E-state index in [9.17, 15) is 4.79 Å². The molecule has 3 aliphatic heterocycles. The number of urea groups is 1. The number of anilines is 1. The molecule has 0 aliphatic carbocycles. The number of hydrogen-bond donors (Lipinski definition) is 1. The Labute approximate surface area is 169 Å². The minimum atomic E-state index is -0.0980. The van der Waals surface area contributed by atoms with Gasteiger partial charge in [0.15, 0.2) is 17.3 Å². The Balaban J connectivity index is 1.16. The highest BCUT2D eigenvalue weighted by molar-refractivity contribution is 5.89. The predicted molar refractivity (Wildman–Crippen MR) is 105 cm³/mol. The van der Waals surface area contributed by atoms with E-state index in [-0.39, 0.29) is 12.8 Å². The fourth-order valence-corrected chi connectivity index (χ4v) is 4.10. The largest absolute Gasteiger partial charge is 0.454 e. The quantitative estimate of drug-likeness (QED) is 0.844. The van der Waals surface area contributed by atoms with Crippen LogP contribution in [0.3, 0.4) is 0 Å². The Morgan fingerprint density at radius 1 is 1.17 bits per heavy atom. The van der Waals surface area contributed by atoms with Crippen LogP contribution in [-0.4, -0.2) is 65.2 Å². The molecule has 1 fully saturated rings. The Hall–Kier alpha value is -2.78. The third-order valence-corrected chi connectivity index (χ3v) is 5.73. The fourth-order valence-electron chi connectivity index (χ4n) is 4.10. The molecule has 2 aromatic rings. The van der Waals surface area contributed by atoms with Crippen LogP contribution in [0.5, 0.6) is 11.5 Å². The number of nitrogens with zero attached hydrogens (tertiary/aromatic N) is 4. The predicted octanol–water partition coefficient (Wildman–Crippen LogP) is 1.57. The number of aryl methyl sites for hydroxylation is 1. The highest BCUT2D eigenvalue weighted by Gasteiger charge is 2.25. The minimum Gasteiger partial charge on any atom is -0.454 e. The maximum Gasteiger partial charge on any atom is 0.323 e. The van der Waals surface area contributed by atoms with E-state index < -0.39 is 0 Å². The van der Waals surface area contributed by atoms with Gasteiger partial charge in [-0.25, -0.2) is 4.79 Å². The first-order valence-electron chi connectivity index (χ1n) is 9.96. The normalized spacial score (nSPS) is 18.6. The molecule has 2 amide bonds. The number of carbonyl (C=O) groups excluding carboxylic acids is 1. The zero-order chi connectivity index (χ0) is 19.8. The molecular weight excluding hydrogens is 374 g/mol. The number of rotatable bonds is 3. The molecule has 5 rings (SSSR count). The third kappa shape index (κ3) is 3.63. The average molecular weight is 399 g/mol. The van der Waals surface area contributed by atoms with Crippen molar-refractivity contribution in [3.63, 3.8) is 0 Å². The van der Waals surface area contributed by atoms with Crippen molar-refractivity contribution in [1.29, 1.82) is 0 Å². The maximum absolute atomic E-state index is 12.7. The van der Waals surface area contributed by atoms with Crippen LogP contribution in [0.2, 0.25) is 0 Å². The lowest BCUT2D eigenvalue weighted by atomic mass is 10.1. The number of ether oxygens (including phenoxy) is 3. The molecule has 29 heavy (non-hydrogen) atoms. The zero-order valence-electron chi connectivity index (χ0n) is 16.5. The van der Waals surface area contributed by atoms with Crippen LogP contribution in [0, 0.1) is 0 Å². The summed E-state index contributed by atoms with van der Waals surface area (Å²) in [6.45, 7) is 5.34. The highest BCUT2D eigenvalue weighted by atomic mass is 16.7. The molecule has 0 unspecified atom stereocenters. The summed E-state index contributed by atoms with van der Waals surface area (Å²) in [4.78, 5) is 16.9. The van der Waals surface area contributed by atoms with Gasteiger partial charge in [0.1, 0.15) is 0 Å². The van der Waals surface area contributed by atoms with Crippen LogP contribution in [0.25, 0.3) is 0 Å². The van der Waals surface area contributed by atoms with E-state index >= 15 is 0 Å². The first kappa shape index (κ1) is 18.3. The topological polar surface area (TPSA) is 81.1 Å². The van der Waals surface area contributed by atoms with Gasteiger partial charge in [-0.05, 0) is 17.7 Å². The molecular formula is C20H25N5O4. The number of nitrogens with one attached hydrogen (secondary N) is 1. The highest BCUT2D eigenvalue weighted by Crippen LogP contribution is 2.33. The van der Waals surface area contributed by atoms with Crippen LogP contribution in [-0.2, 0) is 31.4 Å². The summed E-state index contributed by atoms with van der Waals surface area (Å²) in [5.41, 5.74) is 3.32. The summed E-state index contributed by atoms with van der Waals surface area (Å²) in [5.74, 6) is 2.23. The Bertz CT molecular complexity index is 920. The molecule has 1 aromatic carbocycles. The Kier molecular flexibility index (Phi) is 4.76. The summed E-state index contributed by atoms with van der Waals surface area (Å²) >= 11 is 0. The molecule has 0 radical (unpaired) electrons. The van der Waals surface area contributed by atoms with Gasteiger partial charge in [-0.1, -0.05) is 6.07 Å². The van der Waals surface area contributed by atoms with Gasteiger partial charge in [0, 0.05) is 57.4 Å². The second-order valence-electron chi connectivity index (χ2n) is 7.58. The van der Waals surface area contributed by atoms with Crippen LogP contribution in [0.15, 0.2) is 18.2 Å². The zero-order valence-corrected chi connectivity index (χ0v) is 16.5. The lowest BCUT2D eigenvalue weighted by Crippen LogP contribution is -2.49. The van der Waals surface area contributed by atoms with E-state index in [0.717, 1.165) is 48.8 Å².